The Hall–Kier alpha value is -1.66. The van der Waals surface area contributed by atoms with Gasteiger partial charge >= 0.3 is 6.18 Å². The molecule has 15 heavy (non-hydrogen) atoms. The van der Waals surface area contributed by atoms with Crippen molar-refractivity contribution in [1.29, 1.82) is 0 Å². The summed E-state index contributed by atoms with van der Waals surface area (Å²) < 4.78 is 36.7. The van der Waals surface area contributed by atoms with Gasteiger partial charge in [0.15, 0.2) is 5.78 Å². The van der Waals surface area contributed by atoms with Gasteiger partial charge in [-0.2, -0.15) is 18.3 Å². The van der Waals surface area contributed by atoms with Gasteiger partial charge in [-0.15, -0.1) is 0 Å². The third-order valence-electron chi connectivity index (χ3n) is 1.66. The van der Waals surface area contributed by atoms with Gasteiger partial charge in [0.2, 0.25) is 5.78 Å². The predicted octanol–water partition coefficient (Wildman–Crippen LogP) is 1.12. The fourth-order valence-electron chi connectivity index (χ4n) is 0.913. The fraction of sp³-hybridized carbons (Fsp3) is 0.375. The maximum absolute atomic E-state index is 11.8. The van der Waals surface area contributed by atoms with Crippen LogP contribution in [0.2, 0.25) is 0 Å². The number of aryl methyl sites for hydroxylation is 1. The van der Waals surface area contributed by atoms with Crippen LogP contribution in [0, 0.1) is 0 Å². The molecule has 0 atom stereocenters. The monoisotopic (exact) mass is 220 g/mol. The van der Waals surface area contributed by atoms with Crippen molar-refractivity contribution < 1.29 is 22.8 Å². The maximum atomic E-state index is 11.8. The van der Waals surface area contributed by atoms with Gasteiger partial charge in [-0.25, -0.2) is 0 Å². The van der Waals surface area contributed by atoms with Crippen LogP contribution in [0.15, 0.2) is 12.4 Å². The van der Waals surface area contributed by atoms with Crippen LogP contribution in [0.4, 0.5) is 13.2 Å². The lowest BCUT2D eigenvalue weighted by Gasteiger charge is -2.02. The summed E-state index contributed by atoms with van der Waals surface area (Å²) in [4.78, 5) is 21.6. The van der Waals surface area contributed by atoms with Crippen LogP contribution in [-0.4, -0.2) is 27.5 Å². The number of halogens is 3. The molecule has 0 N–H and O–H groups in total. The fourth-order valence-corrected chi connectivity index (χ4v) is 0.913. The second kappa shape index (κ2) is 3.84. The highest BCUT2D eigenvalue weighted by Crippen LogP contribution is 2.19. The zero-order valence-corrected chi connectivity index (χ0v) is 7.71. The topological polar surface area (TPSA) is 52.0 Å². The third kappa shape index (κ3) is 2.90. The summed E-state index contributed by atoms with van der Waals surface area (Å²) in [6.45, 7) is 0. The Morgan fingerprint density at radius 1 is 1.47 bits per heavy atom. The Balaban J connectivity index is 2.69. The molecular formula is C8H7F3N2O2. The summed E-state index contributed by atoms with van der Waals surface area (Å²) >= 11 is 0. The molecule has 7 heteroatoms. The number of hydrogen-bond acceptors (Lipinski definition) is 3. The number of alkyl halides is 3. The lowest BCUT2D eigenvalue weighted by atomic mass is 10.1. The summed E-state index contributed by atoms with van der Waals surface area (Å²) in [5.41, 5.74) is -0.00454. The van der Waals surface area contributed by atoms with Crippen LogP contribution in [0.5, 0.6) is 0 Å². The lowest BCUT2D eigenvalue weighted by molar-refractivity contribution is -0.170. The van der Waals surface area contributed by atoms with E-state index in [-0.39, 0.29) is 5.56 Å². The third-order valence-corrected chi connectivity index (χ3v) is 1.66. The zero-order chi connectivity index (χ0) is 11.6. The average molecular weight is 220 g/mol. The first kappa shape index (κ1) is 11.4. The van der Waals surface area contributed by atoms with E-state index >= 15 is 0 Å². The number of carbonyl (C=O) groups is 2. The highest BCUT2D eigenvalue weighted by molar-refractivity contribution is 6.09. The van der Waals surface area contributed by atoms with E-state index in [9.17, 15) is 22.8 Å². The molecule has 0 aliphatic carbocycles. The second-order valence-corrected chi connectivity index (χ2v) is 2.92. The van der Waals surface area contributed by atoms with Gasteiger partial charge in [-0.05, 0) is 0 Å². The lowest BCUT2D eigenvalue weighted by Crippen LogP contribution is -2.25. The van der Waals surface area contributed by atoms with Gasteiger partial charge in [-0.1, -0.05) is 0 Å². The van der Waals surface area contributed by atoms with E-state index in [2.05, 4.69) is 5.10 Å². The standard InChI is InChI=1S/C8H7F3N2O2/c1-13-4-5(3-12-13)6(14)2-7(15)8(9,10)11/h3-4H,2H2,1H3. The minimum atomic E-state index is -4.96. The Kier molecular flexibility index (Phi) is 2.92. The summed E-state index contributed by atoms with van der Waals surface area (Å²) in [5.74, 6) is -2.93. The van der Waals surface area contributed by atoms with Crippen LogP contribution in [0.3, 0.4) is 0 Å². The molecule has 0 saturated heterocycles. The van der Waals surface area contributed by atoms with Crippen molar-refractivity contribution in [3.8, 4) is 0 Å². The molecule has 0 aliphatic rings. The molecule has 1 heterocycles. The smallest absolute Gasteiger partial charge is 0.294 e. The van der Waals surface area contributed by atoms with Crippen LogP contribution >= 0.6 is 0 Å². The molecule has 1 aromatic rings. The van der Waals surface area contributed by atoms with Crippen molar-refractivity contribution in [1.82, 2.24) is 9.78 Å². The molecule has 0 radical (unpaired) electrons. The van der Waals surface area contributed by atoms with Crippen LogP contribution in [0.25, 0.3) is 0 Å². The molecule has 1 aromatic heterocycles. The quantitative estimate of drug-likeness (QED) is 0.566. The number of rotatable bonds is 3. The van der Waals surface area contributed by atoms with E-state index in [4.69, 9.17) is 0 Å². The van der Waals surface area contributed by atoms with E-state index in [1.165, 1.54) is 17.9 Å². The van der Waals surface area contributed by atoms with Crippen LogP contribution in [0.1, 0.15) is 16.8 Å². The van der Waals surface area contributed by atoms with E-state index in [1.807, 2.05) is 0 Å². The number of hydrogen-bond donors (Lipinski definition) is 0. The van der Waals surface area contributed by atoms with Crippen molar-refractivity contribution in [2.45, 2.75) is 12.6 Å². The largest absolute Gasteiger partial charge is 0.450 e. The highest BCUT2D eigenvalue weighted by atomic mass is 19.4. The minimum absolute atomic E-state index is 0.00454. The van der Waals surface area contributed by atoms with E-state index in [0.29, 0.717) is 0 Å². The number of ketones is 2. The first-order valence-corrected chi connectivity index (χ1v) is 3.92. The van der Waals surface area contributed by atoms with Crippen molar-refractivity contribution in [2.75, 3.05) is 0 Å². The Labute approximate surface area is 82.7 Å². The predicted molar refractivity (Wildman–Crippen MR) is 43.2 cm³/mol. The van der Waals surface area contributed by atoms with Gasteiger partial charge in [0.25, 0.3) is 0 Å². The van der Waals surface area contributed by atoms with Crippen LogP contribution in [-0.2, 0) is 11.8 Å². The van der Waals surface area contributed by atoms with E-state index in [0.717, 1.165) is 6.20 Å². The van der Waals surface area contributed by atoms with Crippen molar-refractivity contribution in [3.05, 3.63) is 18.0 Å². The number of aromatic nitrogens is 2. The summed E-state index contributed by atoms with van der Waals surface area (Å²) in [6.07, 6.45) is -3.76. The zero-order valence-electron chi connectivity index (χ0n) is 7.71. The molecule has 0 unspecified atom stereocenters. The molecule has 1 rings (SSSR count). The van der Waals surface area contributed by atoms with Crippen LogP contribution < -0.4 is 0 Å². The average Bonchev–Trinajstić information content (AvgIpc) is 2.50. The van der Waals surface area contributed by atoms with Crippen molar-refractivity contribution in [2.24, 2.45) is 7.05 Å². The second-order valence-electron chi connectivity index (χ2n) is 2.92. The Morgan fingerprint density at radius 3 is 2.47 bits per heavy atom. The first-order chi connectivity index (χ1) is 6.80. The maximum Gasteiger partial charge on any atom is 0.450 e. The molecule has 82 valence electrons. The first-order valence-electron chi connectivity index (χ1n) is 3.92. The molecule has 0 bridgehead atoms. The molecule has 0 spiro atoms. The summed E-state index contributed by atoms with van der Waals surface area (Å²) in [6, 6.07) is 0. The Morgan fingerprint density at radius 2 is 2.07 bits per heavy atom. The van der Waals surface area contributed by atoms with Crippen molar-refractivity contribution >= 4 is 11.6 Å². The molecule has 0 amide bonds. The molecule has 4 nitrogen and oxygen atoms in total. The summed E-state index contributed by atoms with van der Waals surface area (Å²) in [5, 5.41) is 3.61. The van der Waals surface area contributed by atoms with Gasteiger partial charge in [0.1, 0.15) is 0 Å². The number of nitrogens with zero attached hydrogens (tertiary/aromatic N) is 2. The number of Topliss-reactive ketones (excluding diaryl/α,β-unsaturated/α-hetero) is 2. The minimum Gasteiger partial charge on any atom is -0.294 e. The van der Waals surface area contributed by atoms with Crippen molar-refractivity contribution in [3.63, 3.8) is 0 Å². The SMILES string of the molecule is Cn1cc(C(=O)CC(=O)C(F)(F)F)cn1. The van der Waals surface area contributed by atoms with E-state index < -0.39 is 24.2 Å². The molecular weight excluding hydrogens is 213 g/mol. The van der Waals surface area contributed by atoms with Gasteiger partial charge in [-0.3, -0.25) is 14.3 Å². The number of carbonyl (C=O) groups excluding carboxylic acids is 2. The normalized spacial score (nSPS) is 11.5. The van der Waals surface area contributed by atoms with Gasteiger partial charge in [0, 0.05) is 13.2 Å². The molecule has 0 aliphatic heterocycles. The Bertz CT molecular complexity index is 395. The summed E-state index contributed by atoms with van der Waals surface area (Å²) in [7, 11) is 1.52. The van der Waals surface area contributed by atoms with Gasteiger partial charge < -0.3 is 0 Å². The highest BCUT2D eigenvalue weighted by Gasteiger charge is 2.39. The molecule has 0 aromatic carbocycles. The van der Waals surface area contributed by atoms with E-state index in [1.54, 1.807) is 0 Å². The molecule has 0 fully saturated rings. The molecule has 0 saturated carbocycles. The van der Waals surface area contributed by atoms with Gasteiger partial charge in [0.05, 0.1) is 18.2 Å².